The Morgan fingerprint density at radius 1 is 1.52 bits per heavy atom. The molecule has 1 fully saturated rings. The zero-order valence-electron chi connectivity index (χ0n) is 12.0. The molecule has 6 heteroatoms. The molecule has 3 rings (SSSR count). The number of hydrogen-bond acceptors (Lipinski definition) is 4. The number of carbonyl (C=O) groups is 1. The molecule has 2 aromatic rings. The van der Waals surface area contributed by atoms with Crippen LogP contribution in [0, 0.1) is 0 Å². The Morgan fingerprint density at radius 2 is 2.48 bits per heavy atom. The van der Waals surface area contributed by atoms with E-state index in [0.29, 0.717) is 12.3 Å². The first-order chi connectivity index (χ1) is 10.3. The molecule has 1 aliphatic rings. The van der Waals surface area contributed by atoms with Crippen LogP contribution in [0.2, 0.25) is 0 Å². The Kier molecular flexibility index (Phi) is 4.65. The second-order valence-electron chi connectivity index (χ2n) is 5.48. The van der Waals surface area contributed by atoms with Gasteiger partial charge in [0.1, 0.15) is 12.2 Å². The standard InChI is InChI=1S/C15H20N4OS/c20-14(7-1-5-13-6-3-9-21-13)19-8-2-4-12(10-19)15-16-11-17-18-15/h3,6,9,11-12H,1-2,4-5,7-8,10H2,(H,16,17,18)/t12-/m1/s1. The minimum atomic E-state index is 0.274. The Hall–Kier alpha value is -1.69. The van der Waals surface area contributed by atoms with Gasteiger partial charge < -0.3 is 4.90 Å². The molecule has 21 heavy (non-hydrogen) atoms. The highest BCUT2D eigenvalue weighted by Crippen LogP contribution is 2.24. The molecule has 0 spiro atoms. The molecule has 1 aliphatic heterocycles. The highest BCUT2D eigenvalue weighted by Gasteiger charge is 2.25. The summed E-state index contributed by atoms with van der Waals surface area (Å²) in [6.45, 7) is 1.65. The Balaban J connectivity index is 1.48. The van der Waals surface area contributed by atoms with Gasteiger partial charge in [0.2, 0.25) is 5.91 Å². The van der Waals surface area contributed by atoms with Crippen molar-refractivity contribution in [3.05, 3.63) is 34.5 Å². The SMILES string of the molecule is O=C(CCCc1cccs1)N1CCC[C@@H](c2ncn[nH]2)C1. The molecule has 0 saturated carbocycles. The molecule has 1 N–H and O–H groups in total. The molecular formula is C15H20N4OS. The van der Waals surface area contributed by atoms with Crippen LogP contribution in [0.5, 0.6) is 0 Å². The van der Waals surface area contributed by atoms with Crippen molar-refractivity contribution in [1.82, 2.24) is 20.1 Å². The van der Waals surface area contributed by atoms with Crippen LogP contribution in [0.1, 0.15) is 42.3 Å². The van der Waals surface area contributed by atoms with E-state index in [-0.39, 0.29) is 5.91 Å². The Morgan fingerprint density at radius 3 is 3.24 bits per heavy atom. The van der Waals surface area contributed by atoms with Crippen LogP contribution in [0.3, 0.4) is 0 Å². The summed E-state index contributed by atoms with van der Waals surface area (Å²) in [4.78, 5) is 19.9. The third-order valence-corrected chi connectivity index (χ3v) is 4.92. The van der Waals surface area contributed by atoms with Crippen molar-refractivity contribution in [1.29, 1.82) is 0 Å². The number of aromatic amines is 1. The number of carbonyl (C=O) groups excluding carboxylic acids is 1. The summed E-state index contributed by atoms with van der Waals surface area (Å²) >= 11 is 1.76. The lowest BCUT2D eigenvalue weighted by atomic mass is 9.97. The second-order valence-corrected chi connectivity index (χ2v) is 6.51. The first-order valence-corrected chi connectivity index (χ1v) is 8.36. The zero-order valence-corrected chi connectivity index (χ0v) is 12.8. The predicted molar refractivity (Wildman–Crippen MR) is 82.2 cm³/mol. The molecule has 0 bridgehead atoms. The van der Waals surface area contributed by atoms with Crippen LogP contribution in [-0.4, -0.2) is 39.1 Å². The van der Waals surface area contributed by atoms with E-state index in [4.69, 9.17) is 0 Å². The van der Waals surface area contributed by atoms with E-state index in [2.05, 4.69) is 32.7 Å². The molecule has 112 valence electrons. The maximum Gasteiger partial charge on any atom is 0.222 e. The van der Waals surface area contributed by atoms with E-state index in [9.17, 15) is 4.79 Å². The summed E-state index contributed by atoms with van der Waals surface area (Å²) in [6.07, 6.45) is 6.24. The maximum absolute atomic E-state index is 12.3. The quantitative estimate of drug-likeness (QED) is 0.923. The highest BCUT2D eigenvalue weighted by molar-refractivity contribution is 7.09. The van der Waals surface area contributed by atoms with Crippen LogP contribution in [0.4, 0.5) is 0 Å². The van der Waals surface area contributed by atoms with E-state index < -0.39 is 0 Å². The number of thiophene rings is 1. The minimum absolute atomic E-state index is 0.274. The number of aryl methyl sites for hydroxylation is 1. The molecular weight excluding hydrogens is 284 g/mol. The molecule has 1 atom stereocenters. The van der Waals surface area contributed by atoms with Gasteiger partial charge in [-0.05, 0) is 37.1 Å². The number of rotatable bonds is 5. The van der Waals surface area contributed by atoms with Crippen LogP contribution < -0.4 is 0 Å². The van der Waals surface area contributed by atoms with Crippen molar-refractivity contribution in [2.45, 2.75) is 38.0 Å². The number of aromatic nitrogens is 3. The minimum Gasteiger partial charge on any atom is -0.342 e. The fourth-order valence-corrected chi connectivity index (χ4v) is 3.62. The fourth-order valence-electron chi connectivity index (χ4n) is 2.87. The van der Waals surface area contributed by atoms with Gasteiger partial charge >= 0.3 is 0 Å². The van der Waals surface area contributed by atoms with Gasteiger partial charge in [0.05, 0.1) is 0 Å². The number of nitrogens with one attached hydrogen (secondary N) is 1. The summed E-state index contributed by atoms with van der Waals surface area (Å²) in [5, 5.41) is 8.92. The molecule has 0 radical (unpaired) electrons. The van der Waals surface area contributed by atoms with Gasteiger partial charge in [-0.25, -0.2) is 4.98 Å². The molecule has 3 heterocycles. The summed E-state index contributed by atoms with van der Waals surface area (Å²) in [5.41, 5.74) is 0. The number of H-pyrrole nitrogens is 1. The third-order valence-electron chi connectivity index (χ3n) is 3.99. The van der Waals surface area contributed by atoms with Crippen molar-refractivity contribution in [2.75, 3.05) is 13.1 Å². The first-order valence-electron chi connectivity index (χ1n) is 7.48. The second kappa shape index (κ2) is 6.85. The van der Waals surface area contributed by atoms with E-state index in [1.807, 2.05) is 4.90 Å². The van der Waals surface area contributed by atoms with Gasteiger partial charge in [-0.2, -0.15) is 5.10 Å². The van der Waals surface area contributed by atoms with Gasteiger partial charge in [-0.1, -0.05) is 6.07 Å². The average Bonchev–Trinajstić information content (AvgIpc) is 3.21. The number of likely N-dealkylation sites (tertiary alicyclic amines) is 1. The van der Waals surface area contributed by atoms with Crippen LogP contribution in [0.25, 0.3) is 0 Å². The fraction of sp³-hybridized carbons (Fsp3) is 0.533. The van der Waals surface area contributed by atoms with Gasteiger partial charge in [0.25, 0.3) is 0 Å². The maximum atomic E-state index is 12.3. The molecule has 0 aliphatic carbocycles. The van der Waals surface area contributed by atoms with E-state index in [1.54, 1.807) is 11.3 Å². The molecule has 0 unspecified atom stereocenters. The normalized spacial score (nSPS) is 18.9. The average molecular weight is 304 g/mol. The summed E-state index contributed by atoms with van der Waals surface area (Å²) in [6, 6.07) is 4.20. The number of amides is 1. The largest absolute Gasteiger partial charge is 0.342 e. The lowest BCUT2D eigenvalue weighted by molar-refractivity contribution is -0.132. The highest BCUT2D eigenvalue weighted by atomic mass is 32.1. The van der Waals surface area contributed by atoms with Crippen molar-refractivity contribution < 1.29 is 4.79 Å². The molecule has 5 nitrogen and oxygen atoms in total. The lowest BCUT2D eigenvalue weighted by Gasteiger charge is -2.31. The molecule has 2 aromatic heterocycles. The van der Waals surface area contributed by atoms with Crippen molar-refractivity contribution in [2.24, 2.45) is 0 Å². The van der Waals surface area contributed by atoms with Gasteiger partial charge in [0, 0.05) is 30.3 Å². The topological polar surface area (TPSA) is 61.9 Å². The van der Waals surface area contributed by atoms with Crippen molar-refractivity contribution in [3.63, 3.8) is 0 Å². The Labute approximate surface area is 128 Å². The van der Waals surface area contributed by atoms with Crippen LogP contribution in [0.15, 0.2) is 23.8 Å². The number of hydrogen-bond donors (Lipinski definition) is 1. The molecule has 0 aromatic carbocycles. The van der Waals surface area contributed by atoms with Crippen molar-refractivity contribution >= 4 is 17.2 Å². The van der Waals surface area contributed by atoms with E-state index in [0.717, 1.165) is 44.6 Å². The van der Waals surface area contributed by atoms with Crippen LogP contribution >= 0.6 is 11.3 Å². The summed E-state index contributed by atoms with van der Waals surface area (Å²) in [7, 11) is 0. The van der Waals surface area contributed by atoms with E-state index in [1.165, 1.54) is 11.2 Å². The third kappa shape index (κ3) is 3.69. The number of piperidine rings is 1. The summed E-state index contributed by atoms with van der Waals surface area (Å²) in [5.74, 6) is 1.49. The molecule has 1 amide bonds. The predicted octanol–water partition coefficient (Wildman–Crippen LogP) is 2.60. The van der Waals surface area contributed by atoms with Gasteiger partial charge in [-0.3, -0.25) is 9.89 Å². The monoisotopic (exact) mass is 304 g/mol. The van der Waals surface area contributed by atoms with E-state index >= 15 is 0 Å². The molecule has 1 saturated heterocycles. The first kappa shape index (κ1) is 14.3. The number of nitrogens with zero attached hydrogens (tertiary/aromatic N) is 3. The van der Waals surface area contributed by atoms with Gasteiger partial charge in [-0.15, -0.1) is 11.3 Å². The van der Waals surface area contributed by atoms with Gasteiger partial charge in [0.15, 0.2) is 0 Å². The lowest BCUT2D eigenvalue weighted by Crippen LogP contribution is -2.39. The van der Waals surface area contributed by atoms with Crippen molar-refractivity contribution in [3.8, 4) is 0 Å². The summed E-state index contributed by atoms with van der Waals surface area (Å²) < 4.78 is 0. The zero-order chi connectivity index (χ0) is 14.5. The Bertz CT molecular complexity index is 552. The van der Waals surface area contributed by atoms with Crippen LogP contribution in [-0.2, 0) is 11.2 Å². The smallest absolute Gasteiger partial charge is 0.222 e.